The van der Waals surface area contributed by atoms with Crippen LogP contribution in [0.4, 0.5) is 0 Å². The maximum absolute atomic E-state index is 11.4. The van der Waals surface area contributed by atoms with Gasteiger partial charge in [-0.15, -0.1) is 0 Å². The summed E-state index contributed by atoms with van der Waals surface area (Å²) in [6.45, 7) is 6.02. The first-order chi connectivity index (χ1) is 7.03. The highest BCUT2D eigenvalue weighted by molar-refractivity contribution is 5.73. The standard InChI is InChI=1S/C12H23NO2/c1-6-12(7-2)10(8-11(12)15-5)13(4)9(3)14/h10-11H,6-8H2,1-5H3/t10-,11-/m1/s1. The van der Waals surface area contributed by atoms with Crippen LogP contribution in [0.3, 0.4) is 0 Å². The Hall–Kier alpha value is -0.570. The van der Waals surface area contributed by atoms with Crippen LogP contribution in [0.15, 0.2) is 0 Å². The Morgan fingerprint density at radius 2 is 2.00 bits per heavy atom. The van der Waals surface area contributed by atoms with Crippen molar-refractivity contribution in [2.75, 3.05) is 14.2 Å². The van der Waals surface area contributed by atoms with E-state index in [2.05, 4.69) is 13.8 Å². The molecule has 0 aromatic heterocycles. The summed E-state index contributed by atoms with van der Waals surface area (Å²) in [5, 5.41) is 0. The number of hydrogen-bond acceptors (Lipinski definition) is 2. The van der Waals surface area contributed by atoms with Gasteiger partial charge in [-0.2, -0.15) is 0 Å². The SMILES string of the molecule is CCC1(CC)[C@H](OC)C[C@H]1N(C)C(C)=O. The van der Waals surface area contributed by atoms with Gasteiger partial charge in [0.05, 0.1) is 6.10 Å². The Labute approximate surface area is 92.8 Å². The molecule has 0 spiro atoms. The lowest BCUT2D eigenvalue weighted by Gasteiger charge is -2.57. The lowest BCUT2D eigenvalue weighted by molar-refractivity contribution is -0.168. The third-order valence-electron chi connectivity index (χ3n) is 4.31. The predicted molar refractivity (Wildman–Crippen MR) is 60.7 cm³/mol. The summed E-state index contributed by atoms with van der Waals surface area (Å²) in [4.78, 5) is 13.3. The van der Waals surface area contributed by atoms with Crippen LogP contribution in [-0.2, 0) is 9.53 Å². The molecule has 3 heteroatoms. The predicted octanol–water partition coefficient (Wildman–Crippen LogP) is 2.06. The van der Waals surface area contributed by atoms with Crippen molar-refractivity contribution in [1.82, 2.24) is 4.90 Å². The Morgan fingerprint density at radius 1 is 1.47 bits per heavy atom. The van der Waals surface area contributed by atoms with Crippen molar-refractivity contribution >= 4 is 5.91 Å². The van der Waals surface area contributed by atoms with E-state index < -0.39 is 0 Å². The summed E-state index contributed by atoms with van der Waals surface area (Å²) in [7, 11) is 3.67. The zero-order valence-corrected chi connectivity index (χ0v) is 10.5. The van der Waals surface area contributed by atoms with Crippen molar-refractivity contribution < 1.29 is 9.53 Å². The second kappa shape index (κ2) is 4.52. The Morgan fingerprint density at radius 3 is 2.33 bits per heavy atom. The second-order valence-electron chi connectivity index (χ2n) is 4.55. The summed E-state index contributed by atoms with van der Waals surface area (Å²) in [5.74, 6) is 0.154. The lowest BCUT2D eigenvalue weighted by Crippen LogP contribution is -2.64. The molecule has 0 aromatic rings. The number of rotatable bonds is 4. The number of carbonyl (C=O) groups excluding carboxylic acids is 1. The third-order valence-corrected chi connectivity index (χ3v) is 4.31. The van der Waals surface area contributed by atoms with Gasteiger partial charge >= 0.3 is 0 Å². The van der Waals surface area contributed by atoms with Crippen molar-refractivity contribution in [2.45, 2.75) is 52.2 Å². The van der Waals surface area contributed by atoms with Crippen LogP contribution in [0.1, 0.15) is 40.0 Å². The number of hydrogen-bond donors (Lipinski definition) is 0. The van der Waals surface area contributed by atoms with Gasteiger partial charge in [-0.25, -0.2) is 0 Å². The molecule has 0 radical (unpaired) electrons. The Balaban J connectivity index is 2.81. The summed E-state index contributed by atoms with van der Waals surface area (Å²) in [5.41, 5.74) is 0.176. The highest BCUT2D eigenvalue weighted by Crippen LogP contribution is 2.50. The van der Waals surface area contributed by atoms with E-state index >= 15 is 0 Å². The molecule has 3 nitrogen and oxygen atoms in total. The summed E-state index contributed by atoms with van der Waals surface area (Å²) >= 11 is 0. The van der Waals surface area contributed by atoms with Crippen LogP contribution in [0.25, 0.3) is 0 Å². The minimum Gasteiger partial charge on any atom is -0.381 e. The maximum atomic E-state index is 11.4. The van der Waals surface area contributed by atoms with E-state index in [1.165, 1.54) is 0 Å². The van der Waals surface area contributed by atoms with E-state index in [-0.39, 0.29) is 11.3 Å². The summed E-state index contributed by atoms with van der Waals surface area (Å²) in [6.07, 6.45) is 3.45. The first-order valence-electron chi connectivity index (χ1n) is 5.79. The molecule has 0 aromatic carbocycles. The summed E-state index contributed by atoms with van der Waals surface area (Å²) in [6, 6.07) is 0.356. The van der Waals surface area contributed by atoms with Crippen molar-refractivity contribution in [3.63, 3.8) is 0 Å². The van der Waals surface area contributed by atoms with Crippen LogP contribution < -0.4 is 0 Å². The summed E-state index contributed by atoms with van der Waals surface area (Å²) < 4.78 is 5.51. The smallest absolute Gasteiger partial charge is 0.219 e. The number of carbonyl (C=O) groups is 1. The number of methoxy groups -OCH3 is 1. The van der Waals surface area contributed by atoms with Gasteiger partial charge in [0.1, 0.15) is 0 Å². The zero-order valence-electron chi connectivity index (χ0n) is 10.5. The third kappa shape index (κ3) is 1.78. The van der Waals surface area contributed by atoms with Crippen LogP contribution in [-0.4, -0.2) is 37.1 Å². The van der Waals surface area contributed by atoms with E-state index in [0.717, 1.165) is 19.3 Å². The molecule has 88 valence electrons. The van der Waals surface area contributed by atoms with Gasteiger partial charge in [0, 0.05) is 32.5 Å². The molecule has 0 aliphatic heterocycles. The first-order valence-corrected chi connectivity index (χ1v) is 5.79. The quantitative estimate of drug-likeness (QED) is 0.715. The molecule has 0 saturated heterocycles. The minimum atomic E-state index is 0.154. The lowest BCUT2D eigenvalue weighted by atomic mass is 9.58. The maximum Gasteiger partial charge on any atom is 0.219 e. The highest BCUT2D eigenvalue weighted by atomic mass is 16.5. The Kier molecular flexibility index (Phi) is 3.77. The molecule has 0 unspecified atom stereocenters. The molecule has 2 atom stereocenters. The topological polar surface area (TPSA) is 29.5 Å². The fraction of sp³-hybridized carbons (Fsp3) is 0.917. The average molecular weight is 213 g/mol. The minimum absolute atomic E-state index is 0.154. The van der Waals surface area contributed by atoms with Gasteiger partial charge in [-0.3, -0.25) is 4.79 Å². The Bertz CT molecular complexity index is 236. The van der Waals surface area contributed by atoms with E-state index in [0.29, 0.717) is 12.1 Å². The highest BCUT2D eigenvalue weighted by Gasteiger charge is 2.55. The van der Waals surface area contributed by atoms with E-state index in [4.69, 9.17) is 4.74 Å². The van der Waals surface area contributed by atoms with Crippen molar-refractivity contribution in [1.29, 1.82) is 0 Å². The normalized spacial score (nSPS) is 28.3. The largest absolute Gasteiger partial charge is 0.381 e. The van der Waals surface area contributed by atoms with Crippen LogP contribution >= 0.6 is 0 Å². The van der Waals surface area contributed by atoms with Gasteiger partial charge in [0.25, 0.3) is 0 Å². The van der Waals surface area contributed by atoms with Crippen molar-refractivity contribution in [2.24, 2.45) is 5.41 Å². The molecular weight excluding hydrogens is 190 g/mol. The van der Waals surface area contributed by atoms with Gasteiger partial charge in [-0.1, -0.05) is 13.8 Å². The van der Waals surface area contributed by atoms with E-state index in [1.807, 2.05) is 11.9 Å². The fourth-order valence-electron chi connectivity index (χ4n) is 3.00. The van der Waals surface area contributed by atoms with Crippen LogP contribution in [0.5, 0.6) is 0 Å². The van der Waals surface area contributed by atoms with Crippen molar-refractivity contribution in [3.8, 4) is 0 Å². The zero-order chi connectivity index (χ0) is 11.6. The molecule has 1 fully saturated rings. The molecule has 1 rings (SSSR count). The first kappa shape index (κ1) is 12.5. The van der Waals surface area contributed by atoms with Crippen molar-refractivity contribution in [3.05, 3.63) is 0 Å². The monoisotopic (exact) mass is 213 g/mol. The number of amides is 1. The average Bonchev–Trinajstić information content (AvgIpc) is 2.19. The molecule has 1 saturated carbocycles. The second-order valence-corrected chi connectivity index (χ2v) is 4.55. The van der Waals surface area contributed by atoms with Gasteiger partial charge < -0.3 is 9.64 Å². The molecule has 0 heterocycles. The number of nitrogens with zero attached hydrogens (tertiary/aromatic N) is 1. The molecule has 1 aliphatic rings. The van der Waals surface area contributed by atoms with Crippen LogP contribution in [0, 0.1) is 5.41 Å². The van der Waals surface area contributed by atoms with E-state index in [9.17, 15) is 4.79 Å². The molecule has 1 amide bonds. The molecule has 0 bridgehead atoms. The van der Waals surface area contributed by atoms with Gasteiger partial charge in [0.2, 0.25) is 5.91 Å². The van der Waals surface area contributed by atoms with E-state index in [1.54, 1.807) is 14.0 Å². The molecular formula is C12H23NO2. The molecule has 0 N–H and O–H groups in total. The fourth-order valence-corrected chi connectivity index (χ4v) is 3.00. The number of ether oxygens (including phenoxy) is 1. The molecule has 15 heavy (non-hydrogen) atoms. The van der Waals surface area contributed by atoms with Crippen LogP contribution in [0.2, 0.25) is 0 Å². The van der Waals surface area contributed by atoms with Gasteiger partial charge in [0.15, 0.2) is 0 Å². The molecule has 1 aliphatic carbocycles. The van der Waals surface area contributed by atoms with Gasteiger partial charge in [-0.05, 0) is 19.3 Å².